The van der Waals surface area contributed by atoms with Gasteiger partial charge in [-0.3, -0.25) is 13.9 Å². The summed E-state index contributed by atoms with van der Waals surface area (Å²) in [6.07, 6.45) is -2.82. The molecule has 0 saturated carbocycles. The maximum Gasteiger partial charge on any atom is 0.360 e. The van der Waals surface area contributed by atoms with Crippen molar-refractivity contribution >= 4 is 43.9 Å². The molecule has 2 atom stereocenters. The van der Waals surface area contributed by atoms with E-state index in [1.807, 2.05) is 0 Å². The molecule has 0 radical (unpaired) electrons. The highest BCUT2D eigenvalue weighted by Gasteiger charge is 2.59. The van der Waals surface area contributed by atoms with Crippen molar-refractivity contribution in [3.05, 3.63) is 71.8 Å². The van der Waals surface area contributed by atoms with Gasteiger partial charge < -0.3 is 20.1 Å². The summed E-state index contributed by atoms with van der Waals surface area (Å²) in [5.74, 6) is -8.73. The molecule has 0 aliphatic carbocycles. The molecule has 14 nitrogen and oxygen atoms in total. The molecule has 2 aromatic carbocycles. The number of carboxylic acid groups (broad SMARTS) is 2. The second kappa shape index (κ2) is 12.3. The van der Waals surface area contributed by atoms with Gasteiger partial charge in [0.05, 0.1) is 17.1 Å². The standard InChI is InChI=1S/C18H14O8.C2H6O6S2/c19-13(11-7-3-1-4-8-11)18(17(24)25,14(20)15(21)22)26-16(23)12-9-5-2-6-10-12;3-9(4,5)1-2-10(6,7)8/h1-10,14,20H,(H,21,22)(H,24,25);1-2H2,(H,3,4,5)(H,6,7,8). The van der Waals surface area contributed by atoms with E-state index in [9.17, 15) is 46.2 Å². The second-order valence-electron chi connectivity index (χ2n) is 6.80. The quantitative estimate of drug-likeness (QED) is 0.111. The maximum atomic E-state index is 12.7. The summed E-state index contributed by atoms with van der Waals surface area (Å²) in [7, 11) is -8.59. The van der Waals surface area contributed by atoms with Crippen molar-refractivity contribution in [3.63, 3.8) is 0 Å². The van der Waals surface area contributed by atoms with Gasteiger partial charge in [-0.1, -0.05) is 48.5 Å². The highest BCUT2D eigenvalue weighted by atomic mass is 32.2. The van der Waals surface area contributed by atoms with Crippen LogP contribution in [0.4, 0.5) is 0 Å². The van der Waals surface area contributed by atoms with Crippen LogP contribution in [0.5, 0.6) is 0 Å². The third-order valence-corrected chi connectivity index (χ3v) is 5.87. The first kappa shape index (κ1) is 30.3. The van der Waals surface area contributed by atoms with Gasteiger partial charge in [0.1, 0.15) is 0 Å². The molecule has 0 fully saturated rings. The fourth-order valence-corrected chi connectivity index (χ4v) is 4.14. The van der Waals surface area contributed by atoms with E-state index in [1.165, 1.54) is 48.5 Å². The van der Waals surface area contributed by atoms with Crippen LogP contribution in [0.1, 0.15) is 20.7 Å². The monoisotopic (exact) mass is 548 g/mol. The predicted molar refractivity (Wildman–Crippen MR) is 119 cm³/mol. The highest BCUT2D eigenvalue weighted by molar-refractivity contribution is 7.89. The Morgan fingerprint density at radius 2 is 1.14 bits per heavy atom. The summed E-state index contributed by atoms with van der Waals surface area (Å²) in [5.41, 5.74) is -3.70. The Kier molecular flexibility index (Phi) is 10.4. The molecule has 196 valence electrons. The zero-order valence-corrected chi connectivity index (χ0v) is 19.6. The summed E-state index contributed by atoms with van der Waals surface area (Å²) < 4.78 is 60.2. The van der Waals surface area contributed by atoms with E-state index in [2.05, 4.69) is 0 Å². The molecule has 0 spiro atoms. The number of aliphatic carboxylic acids is 2. The minimum atomic E-state index is -4.30. The van der Waals surface area contributed by atoms with E-state index >= 15 is 0 Å². The number of ether oxygens (including phenoxy) is 1. The third-order valence-electron chi connectivity index (χ3n) is 4.17. The molecular formula is C20H20O14S2. The lowest BCUT2D eigenvalue weighted by molar-refractivity contribution is -0.176. The average molecular weight is 549 g/mol. The van der Waals surface area contributed by atoms with E-state index in [4.69, 9.17) is 18.9 Å². The average Bonchev–Trinajstić information content (AvgIpc) is 2.80. The number of hydrogen-bond donors (Lipinski definition) is 5. The lowest BCUT2D eigenvalue weighted by Crippen LogP contribution is -2.61. The van der Waals surface area contributed by atoms with Gasteiger partial charge in [0.25, 0.3) is 20.2 Å². The van der Waals surface area contributed by atoms with Crippen molar-refractivity contribution in [2.75, 3.05) is 11.5 Å². The smallest absolute Gasteiger partial charge is 0.360 e. The number of benzene rings is 2. The maximum absolute atomic E-state index is 12.7. The molecule has 0 amide bonds. The first-order valence-electron chi connectivity index (χ1n) is 9.44. The van der Waals surface area contributed by atoms with E-state index in [1.54, 1.807) is 12.1 Å². The largest absolute Gasteiger partial charge is 0.479 e. The van der Waals surface area contributed by atoms with Crippen molar-refractivity contribution in [2.24, 2.45) is 0 Å². The van der Waals surface area contributed by atoms with Gasteiger partial charge in [0.2, 0.25) is 11.9 Å². The van der Waals surface area contributed by atoms with E-state index < -0.39 is 67.1 Å². The fourth-order valence-electron chi connectivity index (χ4n) is 2.45. The summed E-state index contributed by atoms with van der Waals surface area (Å²) >= 11 is 0. The van der Waals surface area contributed by atoms with Crippen molar-refractivity contribution in [2.45, 2.75) is 11.7 Å². The van der Waals surface area contributed by atoms with Crippen LogP contribution in [0.3, 0.4) is 0 Å². The number of Topliss-reactive ketones (excluding diaryl/α,β-unsaturated/α-hetero) is 1. The van der Waals surface area contributed by atoms with Gasteiger partial charge in [0, 0.05) is 5.56 Å². The number of aliphatic hydroxyl groups is 1. The summed E-state index contributed by atoms with van der Waals surface area (Å²) in [4.78, 5) is 48.1. The molecule has 0 aromatic heterocycles. The topological polar surface area (TPSA) is 247 Å². The minimum absolute atomic E-state index is 0.114. The number of carbonyl (C=O) groups excluding carboxylic acids is 2. The van der Waals surface area contributed by atoms with Gasteiger partial charge in [-0.05, 0) is 12.1 Å². The van der Waals surface area contributed by atoms with E-state index in [-0.39, 0.29) is 11.1 Å². The Morgan fingerprint density at radius 3 is 1.47 bits per heavy atom. The molecule has 36 heavy (non-hydrogen) atoms. The zero-order chi connectivity index (χ0) is 27.7. The predicted octanol–water partition coefficient (Wildman–Crippen LogP) is -0.243. The molecule has 2 aromatic rings. The van der Waals surface area contributed by atoms with Crippen LogP contribution >= 0.6 is 0 Å². The Balaban J connectivity index is 0.000000548. The molecule has 2 rings (SSSR count). The Morgan fingerprint density at radius 1 is 0.750 bits per heavy atom. The molecule has 0 bridgehead atoms. The van der Waals surface area contributed by atoms with Crippen LogP contribution in [0.25, 0.3) is 0 Å². The van der Waals surface area contributed by atoms with E-state index in [0.717, 1.165) is 0 Å². The van der Waals surface area contributed by atoms with Crippen molar-refractivity contribution in [3.8, 4) is 0 Å². The third kappa shape index (κ3) is 8.82. The van der Waals surface area contributed by atoms with Gasteiger partial charge in [0.15, 0.2) is 0 Å². The molecule has 0 saturated heterocycles. The van der Waals surface area contributed by atoms with Crippen LogP contribution < -0.4 is 0 Å². The van der Waals surface area contributed by atoms with Crippen LogP contribution in [-0.2, 0) is 34.6 Å². The zero-order valence-electron chi connectivity index (χ0n) is 18.0. The van der Waals surface area contributed by atoms with Crippen molar-refractivity contribution in [1.82, 2.24) is 0 Å². The number of rotatable bonds is 10. The van der Waals surface area contributed by atoms with Gasteiger partial charge >= 0.3 is 23.5 Å². The molecule has 5 N–H and O–H groups in total. The molecule has 0 aliphatic rings. The number of ketones is 1. The normalized spacial score (nSPS) is 13.8. The highest BCUT2D eigenvalue weighted by Crippen LogP contribution is 2.26. The molecule has 2 unspecified atom stereocenters. The van der Waals surface area contributed by atoms with Crippen LogP contribution in [-0.4, -0.2) is 88.2 Å². The Labute approximate surface area is 204 Å². The van der Waals surface area contributed by atoms with Crippen LogP contribution in [0, 0.1) is 0 Å². The van der Waals surface area contributed by atoms with Gasteiger partial charge in [-0.15, -0.1) is 0 Å². The number of carbonyl (C=O) groups is 4. The first-order valence-corrected chi connectivity index (χ1v) is 12.7. The number of hydrogen-bond acceptors (Lipinski definition) is 10. The number of aliphatic hydroxyl groups excluding tert-OH is 1. The van der Waals surface area contributed by atoms with Crippen molar-refractivity contribution < 1.29 is 65.2 Å². The van der Waals surface area contributed by atoms with E-state index in [0.29, 0.717) is 0 Å². The fraction of sp³-hybridized carbons (Fsp3) is 0.200. The first-order chi connectivity index (χ1) is 16.5. The minimum Gasteiger partial charge on any atom is -0.479 e. The second-order valence-corrected chi connectivity index (χ2v) is 9.95. The SMILES string of the molecule is O=C(OC(C(=O)O)(C(=O)c1ccccc1)C(O)C(=O)O)c1ccccc1.O=S(=O)(O)CCS(=O)(=O)O. The Bertz CT molecular complexity index is 1270. The molecule has 16 heteroatoms. The number of esters is 1. The van der Waals surface area contributed by atoms with Crippen molar-refractivity contribution in [1.29, 1.82) is 0 Å². The summed E-state index contributed by atoms with van der Waals surface area (Å²) in [6, 6.07) is 13.9. The molecule has 0 heterocycles. The Hall–Kier alpha value is -3.70. The lowest BCUT2D eigenvalue weighted by Gasteiger charge is -2.30. The lowest BCUT2D eigenvalue weighted by atomic mass is 9.87. The van der Waals surface area contributed by atoms with Crippen LogP contribution in [0.2, 0.25) is 0 Å². The number of carboxylic acids is 2. The van der Waals surface area contributed by atoms with Gasteiger partial charge in [-0.2, -0.15) is 16.8 Å². The summed E-state index contributed by atoms with van der Waals surface area (Å²) in [6.45, 7) is 0. The van der Waals surface area contributed by atoms with Gasteiger partial charge in [-0.25, -0.2) is 14.4 Å². The van der Waals surface area contributed by atoms with Crippen LogP contribution in [0.15, 0.2) is 60.7 Å². The summed E-state index contributed by atoms with van der Waals surface area (Å²) in [5, 5.41) is 28.6. The molecular weight excluding hydrogens is 528 g/mol. The molecule has 0 aliphatic heterocycles.